The van der Waals surface area contributed by atoms with Crippen molar-refractivity contribution in [3.63, 3.8) is 0 Å². The second kappa shape index (κ2) is 10.7. The summed E-state index contributed by atoms with van der Waals surface area (Å²) in [6, 6.07) is 13.4. The Balaban J connectivity index is 1.63. The molecule has 3 N–H and O–H groups in total. The number of nitriles is 2. The molecule has 3 heterocycles. The molecule has 34 heavy (non-hydrogen) atoms. The fraction of sp³-hybridized carbons (Fsp3) is 0.174. The average molecular weight is 508 g/mol. The number of thioether (sulfide) groups is 1. The van der Waals surface area contributed by atoms with Gasteiger partial charge in [0.25, 0.3) is 0 Å². The maximum absolute atomic E-state index is 9.95. The molecule has 0 aliphatic heterocycles. The number of nitrogens with zero attached hydrogens (tertiary/aromatic N) is 6. The van der Waals surface area contributed by atoms with Crippen LogP contribution in [0.2, 0.25) is 5.02 Å². The van der Waals surface area contributed by atoms with Crippen molar-refractivity contribution in [3.8, 4) is 34.0 Å². The van der Waals surface area contributed by atoms with E-state index in [9.17, 15) is 10.5 Å². The Kier molecular flexibility index (Phi) is 7.46. The number of hydrogen-bond donors (Lipinski definition) is 2. The zero-order chi connectivity index (χ0) is 24.1. The van der Waals surface area contributed by atoms with Crippen LogP contribution in [0.5, 0.6) is 0 Å². The molecule has 0 aliphatic carbocycles. The minimum atomic E-state index is 0.0431. The van der Waals surface area contributed by atoms with E-state index in [-0.39, 0.29) is 23.6 Å². The lowest BCUT2D eigenvalue weighted by Crippen LogP contribution is -2.05. The van der Waals surface area contributed by atoms with Gasteiger partial charge in [-0.25, -0.2) is 9.97 Å². The molecule has 0 saturated carbocycles. The van der Waals surface area contributed by atoms with Gasteiger partial charge < -0.3 is 10.8 Å². The maximum atomic E-state index is 9.95. The van der Waals surface area contributed by atoms with Crippen LogP contribution >= 0.6 is 34.7 Å². The number of benzene rings is 1. The van der Waals surface area contributed by atoms with Crippen LogP contribution in [0.4, 0.5) is 5.82 Å². The summed E-state index contributed by atoms with van der Waals surface area (Å²) in [7, 11) is 0. The number of aliphatic hydroxyl groups is 1. The Morgan fingerprint density at radius 2 is 1.88 bits per heavy atom. The maximum Gasteiger partial charge on any atom is 0.143 e. The molecule has 11 heteroatoms. The third kappa shape index (κ3) is 5.06. The summed E-state index contributed by atoms with van der Waals surface area (Å²) in [5.41, 5.74) is 9.09. The highest BCUT2D eigenvalue weighted by Gasteiger charge is 2.22. The number of thiazole rings is 1. The number of halogens is 1. The SMILES string of the molecule is N#Cc1c(N)nc(SCc2csc(-c3ccc(Cl)cc3)n2)c(C#N)c1-c1ccn(CCCO)n1. The van der Waals surface area contributed by atoms with Crippen LogP contribution in [-0.2, 0) is 12.3 Å². The molecule has 3 aromatic heterocycles. The summed E-state index contributed by atoms with van der Waals surface area (Å²) in [6.45, 7) is 0.559. The van der Waals surface area contributed by atoms with E-state index in [1.54, 1.807) is 16.9 Å². The summed E-state index contributed by atoms with van der Waals surface area (Å²) in [5.74, 6) is 0.519. The van der Waals surface area contributed by atoms with Gasteiger partial charge in [-0.15, -0.1) is 11.3 Å². The van der Waals surface area contributed by atoms with Crippen molar-refractivity contribution in [1.82, 2.24) is 19.7 Å². The highest BCUT2D eigenvalue weighted by molar-refractivity contribution is 7.98. The van der Waals surface area contributed by atoms with Gasteiger partial charge in [-0.3, -0.25) is 4.68 Å². The van der Waals surface area contributed by atoms with Crippen molar-refractivity contribution >= 4 is 40.5 Å². The molecule has 0 saturated heterocycles. The second-order valence-electron chi connectivity index (χ2n) is 7.13. The first-order chi connectivity index (χ1) is 16.5. The first-order valence-corrected chi connectivity index (χ1v) is 12.4. The van der Waals surface area contributed by atoms with Crippen LogP contribution in [0, 0.1) is 22.7 Å². The Morgan fingerprint density at radius 1 is 1.12 bits per heavy atom. The lowest BCUT2D eigenvalue weighted by molar-refractivity contribution is 0.277. The molecule has 4 rings (SSSR count). The largest absolute Gasteiger partial charge is 0.396 e. The van der Waals surface area contributed by atoms with Crippen LogP contribution in [-0.4, -0.2) is 31.5 Å². The molecule has 0 radical (unpaired) electrons. The van der Waals surface area contributed by atoms with Gasteiger partial charge in [0.1, 0.15) is 33.6 Å². The van der Waals surface area contributed by atoms with Gasteiger partial charge in [-0.05, 0) is 24.6 Å². The topological polar surface area (TPSA) is 137 Å². The van der Waals surface area contributed by atoms with Crippen molar-refractivity contribution in [3.05, 3.63) is 63.8 Å². The molecule has 0 fully saturated rings. The van der Waals surface area contributed by atoms with Crippen molar-refractivity contribution in [2.24, 2.45) is 0 Å². The van der Waals surface area contributed by atoms with E-state index in [2.05, 4.69) is 27.2 Å². The van der Waals surface area contributed by atoms with E-state index >= 15 is 0 Å². The predicted octanol–water partition coefficient (Wildman–Crippen LogP) is 4.72. The number of aliphatic hydroxyl groups excluding tert-OH is 1. The van der Waals surface area contributed by atoms with Crippen LogP contribution in [0.3, 0.4) is 0 Å². The zero-order valence-corrected chi connectivity index (χ0v) is 20.2. The molecular weight excluding hydrogens is 490 g/mol. The number of rotatable bonds is 8. The minimum absolute atomic E-state index is 0.0431. The Morgan fingerprint density at radius 3 is 2.59 bits per heavy atom. The molecule has 8 nitrogen and oxygen atoms in total. The minimum Gasteiger partial charge on any atom is -0.396 e. The molecule has 0 bridgehead atoms. The Hall–Kier alpha value is -3.41. The van der Waals surface area contributed by atoms with E-state index < -0.39 is 0 Å². The summed E-state index contributed by atoms with van der Waals surface area (Å²) < 4.78 is 1.66. The monoisotopic (exact) mass is 507 g/mol. The zero-order valence-electron chi connectivity index (χ0n) is 17.8. The number of anilines is 1. The summed E-state index contributed by atoms with van der Waals surface area (Å²) >= 11 is 8.82. The van der Waals surface area contributed by atoms with Gasteiger partial charge >= 0.3 is 0 Å². The third-order valence-corrected chi connectivity index (χ3v) is 7.06. The standard InChI is InChI=1S/C23H18ClN7OS2/c24-15-4-2-14(3-5-15)22-28-16(12-33-22)13-34-23-18(11-26)20(17(10-25)21(27)29-23)19-6-8-31(30-19)7-1-9-32/h2-6,8,12,32H,1,7,9,13H2,(H2,27,29). The fourth-order valence-corrected chi connectivity index (χ4v) is 5.20. The molecule has 0 amide bonds. The van der Waals surface area contributed by atoms with Gasteiger partial charge in [0.15, 0.2) is 0 Å². The molecule has 0 aliphatic rings. The first kappa shape index (κ1) is 23.7. The van der Waals surface area contributed by atoms with Gasteiger partial charge in [-0.1, -0.05) is 35.5 Å². The summed E-state index contributed by atoms with van der Waals surface area (Å²) in [6.07, 6.45) is 2.28. The van der Waals surface area contributed by atoms with Crippen LogP contribution < -0.4 is 5.73 Å². The summed E-state index contributed by atoms with van der Waals surface area (Å²) in [4.78, 5) is 9.01. The lowest BCUT2D eigenvalue weighted by atomic mass is 10.0. The molecule has 170 valence electrons. The number of nitrogen functional groups attached to an aromatic ring is 1. The normalized spacial score (nSPS) is 10.7. The molecular formula is C23H18ClN7OS2. The average Bonchev–Trinajstić information content (AvgIpc) is 3.51. The molecule has 0 unspecified atom stereocenters. The van der Waals surface area contributed by atoms with Crippen LogP contribution in [0.1, 0.15) is 23.2 Å². The van der Waals surface area contributed by atoms with Crippen LogP contribution in [0.25, 0.3) is 21.8 Å². The fourth-order valence-electron chi connectivity index (χ4n) is 3.25. The number of pyridine rings is 1. The van der Waals surface area contributed by atoms with Crippen LogP contribution in [0.15, 0.2) is 46.9 Å². The lowest BCUT2D eigenvalue weighted by Gasteiger charge is -2.11. The predicted molar refractivity (Wildman–Crippen MR) is 133 cm³/mol. The third-order valence-electron chi connectivity index (χ3n) is 4.86. The molecule has 0 spiro atoms. The van der Waals surface area contributed by atoms with Gasteiger partial charge in [0.2, 0.25) is 0 Å². The number of aromatic nitrogens is 4. The van der Waals surface area contributed by atoms with Crippen molar-refractivity contribution in [1.29, 1.82) is 10.5 Å². The second-order valence-corrected chi connectivity index (χ2v) is 9.39. The van der Waals surface area contributed by atoms with Crippen molar-refractivity contribution in [2.45, 2.75) is 23.7 Å². The molecule has 4 aromatic rings. The van der Waals surface area contributed by atoms with Gasteiger partial charge in [0.05, 0.1) is 17.0 Å². The van der Waals surface area contributed by atoms with Crippen molar-refractivity contribution < 1.29 is 5.11 Å². The van der Waals surface area contributed by atoms with E-state index in [1.165, 1.54) is 23.1 Å². The van der Waals surface area contributed by atoms with E-state index in [0.29, 0.717) is 40.0 Å². The van der Waals surface area contributed by atoms with E-state index in [4.69, 9.17) is 22.4 Å². The highest BCUT2D eigenvalue weighted by Crippen LogP contribution is 2.36. The molecule has 1 aromatic carbocycles. The first-order valence-electron chi connectivity index (χ1n) is 10.2. The van der Waals surface area contributed by atoms with Gasteiger partial charge in [-0.2, -0.15) is 15.6 Å². The van der Waals surface area contributed by atoms with Gasteiger partial charge in [0, 0.05) is 46.6 Å². The Labute approximate surface area is 209 Å². The summed E-state index contributed by atoms with van der Waals surface area (Å²) in [5, 5.41) is 37.1. The highest BCUT2D eigenvalue weighted by atomic mass is 35.5. The molecule has 0 atom stereocenters. The quantitative estimate of drug-likeness (QED) is 0.326. The Bertz CT molecular complexity index is 1400. The number of hydrogen-bond acceptors (Lipinski definition) is 9. The van der Waals surface area contributed by atoms with E-state index in [1.807, 2.05) is 29.6 Å². The van der Waals surface area contributed by atoms with Crippen molar-refractivity contribution in [2.75, 3.05) is 12.3 Å². The van der Waals surface area contributed by atoms with E-state index in [0.717, 1.165) is 16.3 Å². The smallest absolute Gasteiger partial charge is 0.143 e. The number of aryl methyl sites for hydroxylation is 1. The number of nitrogens with two attached hydrogens (primary N) is 1.